The van der Waals surface area contributed by atoms with Crippen molar-refractivity contribution in [3.05, 3.63) is 41.1 Å². The van der Waals surface area contributed by atoms with Crippen molar-refractivity contribution < 1.29 is 32.7 Å². The third kappa shape index (κ3) is 4.39. The number of nitrogens with zero attached hydrogens (tertiary/aromatic N) is 1. The van der Waals surface area contributed by atoms with Crippen molar-refractivity contribution in [3.8, 4) is 11.3 Å². The first-order valence-electron chi connectivity index (χ1n) is 8.78. The lowest BCUT2D eigenvalue weighted by molar-refractivity contribution is -0.137. The summed E-state index contributed by atoms with van der Waals surface area (Å²) >= 11 is 0. The summed E-state index contributed by atoms with van der Waals surface area (Å²) in [5, 5.41) is 23.1. The number of ketones is 1. The summed E-state index contributed by atoms with van der Waals surface area (Å²) in [7, 11) is 0. The molecule has 0 spiro atoms. The van der Waals surface area contributed by atoms with Crippen molar-refractivity contribution in [1.29, 1.82) is 0 Å². The van der Waals surface area contributed by atoms with E-state index in [1.807, 2.05) is 0 Å². The quantitative estimate of drug-likeness (QED) is 0.763. The Bertz CT molecular complexity index is 798. The monoisotopic (exact) mass is 383 g/mol. The molecule has 1 aromatic carbocycles. The van der Waals surface area contributed by atoms with E-state index in [2.05, 4.69) is 5.16 Å². The Morgan fingerprint density at radius 3 is 2.52 bits per heavy atom. The molecule has 5 nitrogen and oxygen atoms in total. The molecule has 0 radical (unpaired) electrons. The van der Waals surface area contributed by atoms with Crippen molar-refractivity contribution in [3.63, 3.8) is 0 Å². The molecule has 1 heterocycles. The van der Waals surface area contributed by atoms with E-state index in [1.165, 1.54) is 12.1 Å². The van der Waals surface area contributed by atoms with E-state index in [4.69, 9.17) is 4.52 Å². The predicted octanol–water partition coefficient (Wildman–Crippen LogP) is 3.98. The van der Waals surface area contributed by atoms with Crippen LogP contribution in [-0.4, -0.2) is 27.3 Å². The standard InChI is InChI=1S/C19H20F3NO4/c20-19(21,22)13-6-4-12(5-7-13)18-15(10-24)17(23-27-18)16(26)9-11-2-1-3-14(25)8-11/h4-7,11,14,24-25H,1-3,8-10H2/t11-,14+/m1/s1. The summed E-state index contributed by atoms with van der Waals surface area (Å²) in [6.45, 7) is -0.520. The van der Waals surface area contributed by atoms with Gasteiger partial charge in [-0.2, -0.15) is 13.2 Å². The van der Waals surface area contributed by atoms with Crippen LogP contribution >= 0.6 is 0 Å². The lowest BCUT2D eigenvalue weighted by Gasteiger charge is -2.24. The minimum atomic E-state index is -4.45. The molecule has 2 N–H and O–H groups in total. The van der Waals surface area contributed by atoms with E-state index >= 15 is 0 Å². The molecule has 1 aromatic heterocycles. The smallest absolute Gasteiger partial charge is 0.393 e. The zero-order valence-corrected chi connectivity index (χ0v) is 14.5. The SMILES string of the molecule is O=C(C[C@@H]1CCC[C@H](O)C1)c1noc(-c2ccc(C(F)(F)F)cc2)c1CO. The van der Waals surface area contributed by atoms with Gasteiger partial charge < -0.3 is 14.7 Å². The Balaban J connectivity index is 1.81. The van der Waals surface area contributed by atoms with Gasteiger partial charge in [0, 0.05) is 12.0 Å². The second-order valence-corrected chi connectivity index (χ2v) is 6.89. The van der Waals surface area contributed by atoms with Crippen LogP contribution in [0.4, 0.5) is 13.2 Å². The largest absolute Gasteiger partial charge is 0.416 e. The Morgan fingerprint density at radius 2 is 1.93 bits per heavy atom. The summed E-state index contributed by atoms with van der Waals surface area (Å²) in [5.74, 6) is -0.183. The summed E-state index contributed by atoms with van der Waals surface area (Å²) in [6, 6.07) is 4.25. The molecule has 1 aliphatic rings. The van der Waals surface area contributed by atoms with Crippen molar-refractivity contribution in [2.45, 2.75) is 51.0 Å². The Morgan fingerprint density at radius 1 is 1.22 bits per heavy atom. The van der Waals surface area contributed by atoms with Crippen LogP contribution in [0.2, 0.25) is 0 Å². The average Bonchev–Trinajstić information content (AvgIpc) is 3.05. The molecule has 0 unspecified atom stereocenters. The molecule has 1 saturated carbocycles. The van der Waals surface area contributed by atoms with Gasteiger partial charge >= 0.3 is 6.18 Å². The lowest BCUT2D eigenvalue weighted by atomic mass is 9.83. The lowest BCUT2D eigenvalue weighted by Crippen LogP contribution is -2.22. The molecule has 1 aliphatic carbocycles. The van der Waals surface area contributed by atoms with Crippen LogP contribution in [0.5, 0.6) is 0 Å². The maximum atomic E-state index is 12.7. The van der Waals surface area contributed by atoms with Crippen molar-refractivity contribution in [2.24, 2.45) is 5.92 Å². The predicted molar refractivity (Wildman–Crippen MR) is 89.8 cm³/mol. The molecule has 146 valence electrons. The second kappa shape index (κ2) is 7.82. The van der Waals surface area contributed by atoms with Gasteiger partial charge in [0.1, 0.15) is 0 Å². The number of halogens is 3. The molecule has 1 fully saturated rings. The number of aliphatic hydroxyl groups is 2. The zero-order chi connectivity index (χ0) is 19.6. The fourth-order valence-corrected chi connectivity index (χ4v) is 3.52. The maximum absolute atomic E-state index is 12.7. The first-order chi connectivity index (χ1) is 12.8. The third-order valence-corrected chi connectivity index (χ3v) is 4.91. The number of Topliss-reactive ketones (excluding diaryl/α,β-unsaturated/α-hetero) is 1. The number of rotatable bonds is 5. The topological polar surface area (TPSA) is 83.6 Å². The van der Waals surface area contributed by atoms with Gasteiger partial charge in [-0.3, -0.25) is 4.79 Å². The molecule has 27 heavy (non-hydrogen) atoms. The van der Waals surface area contributed by atoms with Gasteiger partial charge in [0.15, 0.2) is 17.2 Å². The normalized spacial score (nSPS) is 20.6. The van der Waals surface area contributed by atoms with E-state index in [0.29, 0.717) is 12.0 Å². The number of alkyl halides is 3. The highest BCUT2D eigenvalue weighted by molar-refractivity contribution is 5.97. The summed E-state index contributed by atoms with van der Waals surface area (Å²) < 4.78 is 43.2. The molecule has 3 rings (SSSR count). The van der Waals surface area contributed by atoms with Crippen molar-refractivity contribution in [2.75, 3.05) is 0 Å². The molecule has 0 saturated heterocycles. The Labute approximate surface area is 153 Å². The van der Waals surface area contributed by atoms with E-state index in [1.54, 1.807) is 0 Å². The molecule has 0 amide bonds. The number of carbonyl (C=O) groups is 1. The molecule has 2 atom stereocenters. The van der Waals surface area contributed by atoms with E-state index in [9.17, 15) is 28.2 Å². The third-order valence-electron chi connectivity index (χ3n) is 4.91. The van der Waals surface area contributed by atoms with Crippen LogP contribution in [0.25, 0.3) is 11.3 Å². The minimum absolute atomic E-state index is 0.00698. The highest BCUT2D eigenvalue weighted by Gasteiger charge is 2.31. The van der Waals surface area contributed by atoms with Crippen LogP contribution < -0.4 is 0 Å². The zero-order valence-electron chi connectivity index (χ0n) is 14.5. The molecular weight excluding hydrogens is 363 g/mol. The summed E-state index contributed by atoms with van der Waals surface area (Å²) in [4.78, 5) is 12.6. The number of hydrogen-bond acceptors (Lipinski definition) is 5. The van der Waals surface area contributed by atoms with Crippen LogP contribution in [0, 0.1) is 5.92 Å². The fraction of sp³-hybridized carbons (Fsp3) is 0.474. The Kier molecular flexibility index (Phi) is 5.67. The Hall–Kier alpha value is -2.19. The number of aromatic nitrogens is 1. The molecule has 2 aromatic rings. The fourth-order valence-electron chi connectivity index (χ4n) is 3.52. The van der Waals surface area contributed by atoms with Gasteiger partial charge in [-0.1, -0.05) is 23.7 Å². The number of hydrogen-bond donors (Lipinski definition) is 2. The average molecular weight is 383 g/mol. The van der Waals surface area contributed by atoms with Gasteiger partial charge in [-0.15, -0.1) is 0 Å². The van der Waals surface area contributed by atoms with Crippen molar-refractivity contribution >= 4 is 5.78 Å². The maximum Gasteiger partial charge on any atom is 0.416 e. The molecule has 0 aliphatic heterocycles. The summed E-state index contributed by atoms with van der Waals surface area (Å²) in [5.41, 5.74) is -0.348. The van der Waals surface area contributed by atoms with Gasteiger partial charge in [0.05, 0.1) is 23.8 Å². The highest BCUT2D eigenvalue weighted by Crippen LogP contribution is 2.34. The first kappa shape index (κ1) is 19.6. The van der Waals surface area contributed by atoms with Gasteiger partial charge in [0.2, 0.25) is 0 Å². The molecule has 8 heteroatoms. The van der Waals surface area contributed by atoms with Crippen LogP contribution in [0.1, 0.15) is 53.7 Å². The highest BCUT2D eigenvalue weighted by atomic mass is 19.4. The summed E-state index contributed by atoms with van der Waals surface area (Å²) in [6.07, 6.45) is -1.72. The van der Waals surface area contributed by atoms with Gasteiger partial charge in [-0.25, -0.2) is 0 Å². The molecule has 0 bridgehead atoms. The van der Waals surface area contributed by atoms with Gasteiger partial charge in [-0.05, 0) is 37.3 Å². The second-order valence-electron chi connectivity index (χ2n) is 6.89. The van der Waals surface area contributed by atoms with Crippen LogP contribution in [0.3, 0.4) is 0 Å². The van der Waals surface area contributed by atoms with Crippen LogP contribution in [-0.2, 0) is 12.8 Å². The number of benzene rings is 1. The number of carbonyl (C=O) groups excluding carboxylic acids is 1. The van der Waals surface area contributed by atoms with E-state index in [-0.39, 0.29) is 35.1 Å². The first-order valence-corrected chi connectivity index (χ1v) is 8.78. The van der Waals surface area contributed by atoms with E-state index in [0.717, 1.165) is 31.4 Å². The van der Waals surface area contributed by atoms with Crippen molar-refractivity contribution in [1.82, 2.24) is 5.16 Å². The minimum Gasteiger partial charge on any atom is -0.393 e. The number of aliphatic hydroxyl groups excluding tert-OH is 2. The van der Waals surface area contributed by atoms with E-state index < -0.39 is 24.5 Å². The molecular formula is C19H20F3NO4. The van der Waals surface area contributed by atoms with Gasteiger partial charge in [0.25, 0.3) is 0 Å². The van der Waals surface area contributed by atoms with Crippen LogP contribution in [0.15, 0.2) is 28.8 Å².